The molecule has 2 aromatic rings. The van der Waals surface area contributed by atoms with Gasteiger partial charge in [-0.1, -0.05) is 25.1 Å². The van der Waals surface area contributed by atoms with E-state index in [2.05, 4.69) is 5.32 Å². The molecule has 0 radical (unpaired) electrons. The maximum atomic E-state index is 12.7. The number of benzene rings is 2. The van der Waals surface area contributed by atoms with Crippen LogP contribution in [0.1, 0.15) is 29.3 Å². The molecule has 29 heavy (non-hydrogen) atoms. The van der Waals surface area contributed by atoms with E-state index in [0.717, 1.165) is 17.7 Å². The van der Waals surface area contributed by atoms with Crippen molar-refractivity contribution in [1.82, 2.24) is 4.90 Å². The fourth-order valence-corrected chi connectivity index (χ4v) is 3.39. The third-order valence-electron chi connectivity index (χ3n) is 4.20. The Labute approximate surface area is 168 Å². The van der Waals surface area contributed by atoms with Crippen LogP contribution in [-0.4, -0.2) is 44.0 Å². The molecule has 6 nitrogen and oxygen atoms in total. The highest BCUT2D eigenvalue weighted by atomic mass is 32.2. The molecule has 0 aromatic heterocycles. The number of carbonyl (C=O) groups is 2. The number of anilines is 1. The fraction of sp³-hybridized carbons (Fsp3) is 0.300. The van der Waals surface area contributed by atoms with Gasteiger partial charge in [-0.3, -0.25) is 9.59 Å². The maximum Gasteiger partial charge on any atom is 0.341 e. The minimum Gasteiger partial charge on any atom is -0.329 e. The van der Waals surface area contributed by atoms with E-state index in [1.165, 1.54) is 17.0 Å². The zero-order valence-corrected chi connectivity index (χ0v) is 16.9. The Bertz CT molecular complexity index is 976. The van der Waals surface area contributed by atoms with E-state index >= 15 is 0 Å². The van der Waals surface area contributed by atoms with Crippen LogP contribution < -0.4 is 5.32 Å². The molecule has 0 aliphatic rings. The van der Waals surface area contributed by atoms with Crippen LogP contribution in [0.3, 0.4) is 0 Å². The molecule has 0 saturated carbocycles. The van der Waals surface area contributed by atoms with Crippen molar-refractivity contribution in [3.8, 4) is 0 Å². The molecule has 0 saturated heterocycles. The van der Waals surface area contributed by atoms with Crippen LogP contribution in [0.4, 0.5) is 14.5 Å². The van der Waals surface area contributed by atoms with Crippen molar-refractivity contribution in [1.29, 1.82) is 0 Å². The quantitative estimate of drug-likeness (QED) is 0.703. The van der Waals surface area contributed by atoms with Crippen molar-refractivity contribution >= 4 is 27.3 Å². The number of nitrogens with zero attached hydrogens (tertiary/aromatic N) is 1. The Kier molecular flexibility index (Phi) is 7.44. The van der Waals surface area contributed by atoms with Crippen LogP contribution in [0.25, 0.3) is 0 Å². The van der Waals surface area contributed by atoms with Crippen LogP contribution in [0.5, 0.6) is 0 Å². The van der Waals surface area contributed by atoms with Crippen molar-refractivity contribution in [3.63, 3.8) is 0 Å². The summed E-state index contributed by atoms with van der Waals surface area (Å²) in [6, 6.07) is 11.5. The number of alkyl halides is 2. The summed E-state index contributed by atoms with van der Waals surface area (Å²) in [4.78, 5) is 25.9. The number of sulfone groups is 1. The Morgan fingerprint density at radius 3 is 2.24 bits per heavy atom. The highest BCUT2D eigenvalue weighted by Gasteiger charge is 2.27. The van der Waals surface area contributed by atoms with Gasteiger partial charge >= 0.3 is 5.76 Å². The summed E-state index contributed by atoms with van der Waals surface area (Å²) in [6.07, 6.45) is 0.598. The summed E-state index contributed by atoms with van der Waals surface area (Å²) in [5.41, 5.74) is 1.63. The maximum absolute atomic E-state index is 12.7. The van der Waals surface area contributed by atoms with E-state index in [1.807, 2.05) is 26.0 Å². The monoisotopic (exact) mass is 424 g/mol. The summed E-state index contributed by atoms with van der Waals surface area (Å²) in [6.45, 7) is 3.80. The lowest BCUT2D eigenvalue weighted by molar-refractivity contribution is -0.116. The molecule has 0 heterocycles. The highest BCUT2D eigenvalue weighted by Crippen LogP contribution is 2.19. The van der Waals surface area contributed by atoms with Crippen LogP contribution in [0.15, 0.2) is 53.4 Å². The van der Waals surface area contributed by atoms with E-state index < -0.39 is 26.4 Å². The molecule has 1 N–H and O–H groups in total. The SMILES string of the molecule is CCCN(CC(=O)Nc1ccccc1C)C(=O)c1ccc(S(=O)(=O)C(F)F)cc1. The first-order chi connectivity index (χ1) is 13.7. The molecule has 2 rings (SSSR count). The molecule has 0 fully saturated rings. The average Bonchev–Trinajstić information content (AvgIpc) is 2.69. The van der Waals surface area contributed by atoms with Gasteiger partial charge in [0.2, 0.25) is 15.7 Å². The van der Waals surface area contributed by atoms with Gasteiger partial charge in [0.05, 0.1) is 4.90 Å². The highest BCUT2D eigenvalue weighted by molar-refractivity contribution is 7.91. The summed E-state index contributed by atoms with van der Waals surface area (Å²) >= 11 is 0. The number of aryl methyl sites for hydroxylation is 1. The van der Waals surface area contributed by atoms with Gasteiger partial charge in [0.25, 0.3) is 5.91 Å². The Morgan fingerprint density at radius 2 is 1.69 bits per heavy atom. The number of nitrogens with one attached hydrogen (secondary N) is 1. The number of halogens is 2. The molecule has 0 aliphatic carbocycles. The van der Waals surface area contributed by atoms with Gasteiger partial charge in [-0.15, -0.1) is 0 Å². The number of carbonyl (C=O) groups excluding carboxylic acids is 2. The molecular weight excluding hydrogens is 402 g/mol. The normalized spacial score (nSPS) is 11.3. The van der Waals surface area contributed by atoms with Crippen molar-refractivity contribution in [3.05, 3.63) is 59.7 Å². The third-order valence-corrected chi connectivity index (χ3v) is 5.60. The smallest absolute Gasteiger partial charge is 0.329 e. The molecule has 2 amide bonds. The minimum absolute atomic E-state index is 0.107. The van der Waals surface area contributed by atoms with Gasteiger partial charge in [0.15, 0.2) is 0 Å². The lowest BCUT2D eigenvalue weighted by atomic mass is 10.2. The first kappa shape index (κ1) is 22.5. The predicted molar refractivity (Wildman–Crippen MR) is 106 cm³/mol. The molecule has 0 spiro atoms. The second-order valence-corrected chi connectivity index (χ2v) is 8.34. The summed E-state index contributed by atoms with van der Waals surface area (Å²) in [5.74, 6) is -4.41. The molecule has 0 unspecified atom stereocenters. The van der Waals surface area contributed by atoms with E-state index in [-0.39, 0.29) is 18.0 Å². The number of hydrogen-bond acceptors (Lipinski definition) is 4. The van der Waals surface area contributed by atoms with Crippen LogP contribution in [0, 0.1) is 6.92 Å². The molecule has 9 heteroatoms. The fourth-order valence-electron chi connectivity index (χ4n) is 2.67. The molecule has 156 valence electrons. The first-order valence-electron chi connectivity index (χ1n) is 8.93. The van der Waals surface area contributed by atoms with Gasteiger partial charge in [-0.25, -0.2) is 8.42 Å². The average molecular weight is 424 g/mol. The zero-order valence-electron chi connectivity index (χ0n) is 16.1. The molecule has 0 aliphatic heterocycles. The van der Waals surface area contributed by atoms with Crippen molar-refractivity contribution in [2.75, 3.05) is 18.4 Å². The van der Waals surface area contributed by atoms with Gasteiger partial charge in [0.1, 0.15) is 6.54 Å². The Morgan fingerprint density at radius 1 is 1.07 bits per heavy atom. The Hall–Kier alpha value is -2.81. The zero-order chi connectivity index (χ0) is 21.6. The number of rotatable bonds is 8. The second-order valence-electron chi connectivity index (χ2n) is 6.42. The van der Waals surface area contributed by atoms with E-state index in [4.69, 9.17) is 0 Å². The summed E-state index contributed by atoms with van der Waals surface area (Å²) in [7, 11) is -4.73. The van der Waals surface area contributed by atoms with Gasteiger partial charge in [0, 0.05) is 17.8 Å². The van der Waals surface area contributed by atoms with E-state index in [0.29, 0.717) is 18.7 Å². The van der Waals surface area contributed by atoms with Gasteiger partial charge in [-0.05, 0) is 49.2 Å². The summed E-state index contributed by atoms with van der Waals surface area (Å²) in [5, 5.41) is 2.75. The number of hydrogen-bond donors (Lipinski definition) is 1. The molecule has 0 bridgehead atoms. The molecule has 2 aromatic carbocycles. The van der Waals surface area contributed by atoms with Crippen LogP contribution >= 0.6 is 0 Å². The van der Waals surface area contributed by atoms with E-state index in [9.17, 15) is 26.8 Å². The standard InChI is InChI=1S/C20H22F2N2O4S/c1-3-12-24(13-18(25)23-17-7-5-4-6-14(17)2)19(26)15-8-10-16(11-9-15)29(27,28)20(21)22/h4-11,20H,3,12-13H2,1-2H3,(H,23,25). The van der Waals surface area contributed by atoms with Gasteiger partial charge in [-0.2, -0.15) is 8.78 Å². The first-order valence-corrected chi connectivity index (χ1v) is 10.5. The van der Waals surface area contributed by atoms with Crippen LogP contribution in [-0.2, 0) is 14.6 Å². The molecular formula is C20H22F2N2O4S. The lowest BCUT2D eigenvalue weighted by Gasteiger charge is -2.22. The second kappa shape index (κ2) is 9.60. The minimum atomic E-state index is -4.73. The number of amides is 2. The summed E-state index contributed by atoms with van der Waals surface area (Å²) < 4.78 is 48.3. The number of para-hydroxylation sites is 1. The van der Waals surface area contributed by atoms with E-state index in [1.54, 1.807) is 12.1 Å². The lowest BCUT2D eigenvalue weighted by Crippen LogP contribution is -2.38. The third kappa shape index (κ3) is 5.60. The topological polar surface area (TPSA) is 83.6 Å². The van der Waals surface area contributed by atoms with Gasteiger partial charge < -0.3 is 10.2 Å². The Balaban J connectivity index is 2.14. The van der Waals surface area contributed by atoms with Crippen molar-refractivity contribution in [2.24, 2.45) is 0 Å². The largest absolute Gasteiger partial charge is 0.341 e. The van der Waals surface area contributed by atoms with Crippen LogP contribution in [0.2, 0.25) is 0 Å². The predicted octanol–water partition coefficient (Wildman–Crippen LogP) is 3.48. The molecule has 0 atom stereocenters. The van der Waals surface area contributed by atoms with Crippen molar-refractivity contribution < 1.29 is 26.8 Å². The van der Waals surface area contributed by atoms with Crippen molar-refractivity contribution in [2.45, 2.75) is 30.9 Å².